The first-order chi connectivity index (χ1) is 20.9. The smallest absolute Gasteiger partial charge is 0.137 e. The molecule has 0 aliphatic carbocycles. The van der Waals surface area contributed by atoms with E-state index < -0.39 is 0 Å². The summed E-state index contributed by atoms with van der Waals surface area (Å²) in [6.07, 6.45) is 0. The molecule has 0 amide bonds. The van der Waals surface area contributed by atoms with Crippen LogP contribution in [0.1, 0.15) is 22.3 Å². The van der Waals surface area contributed by atoms with Crippen molar-refractivity contribution in [2.45, 2.75) is 27.7 Å². The van der Waals surface area contributed by atoms with Gasteiger partial charge in [-0.3, -0.25) is 0 Å². The van der Waals surface area contributed by atoms with Crippen LogP contribution in [0, 0.1) is 27.7 Å². The highest BCUT2D eigenvalue weighted by Gasteiger charge is 2.18. The predicted octanol–water partition coefficient (Wildman–Crippen LogP) is 11.8. The zero-order valence-corrected chi connectivity index (χ0v) is 25.0. The maximum absolute atomic E-state index is 6.62. The normalized spacial score (nSPS) is 11.3. The number of benzene rings is 6. The first-order valence-corrected chi connectivity index (χ1v) is 14.8. The number of furan rings is 1. The molecule has 0 radical (unpaired) electrons. The molecule has 7 rings (SSSR count). The minimum Gasteiger partial charge on any atom is -0.456 e. The molecule has 0 unspecified atom stereocenters. The molecule has 0 aliphatic heterocycles. The van der Waals surface area contributed by atoms with Crippen molar-refractivity contribution in [3.63, 3.8) is 0 Å². The number of anilines is 6. The summed E-state index contributed by atoms with van der Waals surface area (Å²) in [5.41, 5.74) is 13.2. The molecular weight excluding hydrogens is 524 g/mol. The summed E-state index contributed by atoms with van der Waals surface area (Å²) in [5.74, 6) is 0. The van der Waals surface area contributed by atoms with Crippen molar-refractivity contribution >= 4 is 56.1 Å². The van der Waals surface area contributed by atoms with Crippen molar-refractivity contribution in [1.29, 1.82) is 0 Å². The Labute approximate surface area is 253 Å². The van der Waals surface area contributed by atoms with Gasteiger partial charge in [0.25, 0.3) is 0 Å². The van der Waals surface area contributed by atoms with Gasteiger partial charge < -0.3 is 14.2 Å². The second-order valence-corrected chi connectivity index (χ2v) is 11.5. The fourth-order valence-corrected chi connectivity index (χ4v) is 6.00. The third-order valence-corrected chi connectivity index (χ3v) is 8.00. The molecule has 0 bridgehead atoms. The van der Waals surface area contributed by atoms with Gasteiger partial charge in [0.2, 0.25) is 0 Å². The molecule has 0 saturated heterocycles. The van der Waals surface area contributed by atoms with Gasteiger partial charge in [0.1, 0.15) is 11.2 Å². The molecule has 0 aliphatic rings. The Bertz CT molecular complexity index is 1860. The number of fused-ring (bicyclic) bond motifs is 3. The van der Waals surface area contributed by atoms with Crippen molar-refractivity contribution < 1.29 is 4.42 Å². The molecule has 43 heavy (non-hydrogen) atoms. The van der Waals surface area contributed by atoms with Gasteiger partial charge in [-0.2, -0.15) is 0 Å². The third kappa shape index (κ3) is 5.15. The van der Waals surface area contributed by atoms with E-state index >= 15 is 0 Å². The van der Waals surface area contributed by atoms with Crippen molar-refractivity contribution in [2.75, 3.05) is 9.80 Å². The van der Waals surface area contributed by atoms with E-state index in [4.69, 9.17) is 4.42 Å². The first-order valence-electron chi connectivity index (χ1n) is 14.8. The van der Waals surface area contributed by atoms with Gasteiger partial charge in [0, 0.05) is 57.0 Å². The topological polar surface area (TPSA) is 19.6 Å². The largest absolute Gasteiger partial charge is 0.456 e. The van der Waals surface area contributed by atoms with Crippen LogP contribution in [0.4, 0.5) is 34.1 Å². The molecule has 1 aromatic heterocycles. The molecular formula is C40H34N2O. The summed E-state index contributed by atoms with van der Waals surface area (Å²) in [6, 6.07) is 47.6. The van der Waals surface area contributed by atoms with Crippen molar-refractivity contribution in [3.05, 3.63) is 156 Å². The summed E-state index contributed by atoms with van der Waals surface area (Å²) in [6.45, 7) is 8.53. The minimum absolute atomic E-state index is 0.868. The van der Waals surface area contributed by atoms with E-state index in [0.29, 0.717) is 0 Å². The lowest BCUT2D eigenvalue weighted by Gasteiger charge is -2.26. The molecule has 3 nitrogen and oxygen atoms in total. The van der Waals surface area contributed by atoms with Crippen LogP contribution < -0.4 is 9.80 Å². The van der Waals surface area contributed by atoms with Crippen molar-refractivity contribution in [3.8, 4) is 0 Å². The Kier molecular flexibility index (Phi) is 6.71. The van der Waals surface area contributed by atoms with Crippen LogP contribution in [0.2, 0.25) is 0 Å². The Balaban J connectivity index is 1.36. The summed E-state index contributed by atoms with van der Waals surface area (Å²) in [5, 5.41) is 2.22. The van der Waals surface area contributed by atoms with Crippen LogP contribution in [0.15, 0.2) is 138 Å². The SMILES string of the molecule is Cc1cccc(N(c2cccc(C)c2)c2ccc3c(c2)oc2cc(N(c4cccc(C)c4)c4cccc(C)c4)ccc23)c1. The monoisotopic (exact) mass is 558 g/mol. The molecule has 1 heterocycles. The van der Waals surface area contributed by atoms with Gasteiger partial charge in [0.05, 0.1) is 0 Å². The van der Waals surface area contributed by atoms with E-state index in [1.807, 2.05) is 0 Å². The Morgan fingerprint density at radius 2 is 0.651 bits per heavy atom. The molecule has 6 aromatic carbocycles. The van der Waals surface area contributed by atoms with Gasteiger partial charge in [0.15, 0.2) is 0 Å². The molecule has 210 valence electrons. The summed E-state index contributed by atoms with van der Waals surface area (Å²) >= 11 is 0. The van der Waals surface area contributed by atoms with Crippen LogP contribution in [0.25, 0.3) is 21.9 Å². The average molecular weight is 559 g/mol. The number of hydrogen-bond acceptors (Lipinski definition) is 3. The molecule has 0 fully saturated rings. The van der Waals surface area contributed by atoms with E-state index in [2.05, 4.69) is 171 Å². The number of aryl methyl sites for hydroxylation is 4. The van der Waals surface area contributed by atoms with Gasteiger partial charge in [-0.15, -0.1) is 0 Å². The van der Waals surface area contributed by atoms with Gasteiger partial charge in [-0.25, -0.2) is 0 Å². The van der Waals surface area contributed by atoms with Crippen LogP contribution in [-0.2, 0) is 0 Å². The number of nitrogens with zero attached hydrogens (tertiary/aromatic N) is 2. The fraction of sp³-hybridized carbons (Fsp3) is 0.100. The molecule has 0 N–H and O–H groups in total. The highest BCUT2D eigenvalue weighted by Crippen LogP contribution is 2.41. The van der Waals surface area contributed by atoms with Crippen LogP contribution in [-0.4, -0.2) is 0 Å². The quantitative estimate of drug-likeness (QED) is 0.202. The van der Waals surface area contributed by atoms with E-state index in [9.17, 15) is 0 Å². The average Bonchev–Trinajstić information content (AvgIpc) is 3.35. The Morgan fingerprint density at radius 1 is 0.349 bits per heavy atom. The molecule has 0 saturated carbocycles. The second kappa shape index (κ2) is 10.8. The fourth-order valence-electron chi connectivity index (χ4n) is 6.00. The maximum atomic E-state index is 6.62. The Morgan fingerprint density at radius 3 is 0.953 bits per heavy atom. The summed E-state index contributed by atoms with van der Waals surface area (Å²) in [7, 11) is 0. The molecule has 0 spiro atoms. The lowest BCUT2D eigenvalue weighted by molar-refractivity contribution is 0.669. The van der Waals surface area contributed by atoms with Gasteiger partial charge in [-0.1, -0.05) is 48.5 Å². The lowest BCUT2D eigenvalue weighted by Crippen LogP contribution is -2.10. The van der Waals surface area contributed by atoms with E-state index in [0.717, 1.165) is 56.1 Å². The van der Waals surface area contributed by atoms with Gasteiger partial charge in [-0.05, 0) is 123 Å². The maximum Gasteiger partial charge on any atom is 0.137 e. The van der Waals surface area contributed by atoms with Crippen LogP contribution >= 0.6 is 0 Å². The molecule has 3 heteroatoms. The van der Waals surface area contributed by atoms with Crippen LogP contribution in [0.3, 0.4) is 0 Å². The molecule has 7 aromatic rings. The highest BCUT2D eigenvalue weighted by molar-refractivity contribution is 6.07. The van der Waals surface area contributed by atoms with E-state index in [-0.39, 0.29) is 0 Å². The van der Waals surface area contributed by atoms with Crippen molar-refractivity contribution in [2.24, 2.45) is 0 Å². The minimum atomic E-state index is 0.868. The van der Waals surface area contributed by atoms with E-state index in [1.165, 1.54) is 22.3 Å². The standard InChI is InChI=1S/C40H34N2O/c1-27-9-5-13-31(21-27)41(32-14-6-10-28(2)22-32)35-17-19-37-38-20-18-36(26-40(38)43-39(37)25-35)42(33-15-7-11-29(3)23-33)34-16-8-12-30(4)24-34/h5-26H,1-4H3. The number of hydrogen-bond donors (Lipinski definition) is 0. The van der Waals surface area contributed by atoms with E-state index in [1.54, 1.807) is 0 Å². The highest BCUT2D eigenvalue weighted by atomic mass is 16.3. The zero-order valence-electron chi connectivity index (χ0n) is 25.0. The third-order valence-electron chi connectivity index (χ3n) is 8.00. The lowest BCUT2D eigenvalue weighted by atomic mass is 10.1. The zero-order chi connectivity index (χ0) is 29.5. The molecule has 0 atom stereocenters. The second-order valence-electron chi connectivity index (χ2n) is 11.5. The predicted molar refractivity (Wildman–Crippen MR) is 182 cm³/mol. The summed E-state index contributed by atoms with van der Waals surface area (Å²) < 4.78 is 6.62. The Hall–Kier alpha value is -5.28. The first kappa shape index (κ1) is 26.6. The van der Waals surface area contributed by atoms with Crippen LogP contribution in [0.5, 0.6) is 0 Å². The van der Waals surface area contributed by atoms with Gasteiger partial charge >= 0.3 is 0 Å². The van der Waals surface area contributed by atoms with Crippen molar-refractivity contribution in [1.82, 2.24) is 0 Å². The number of rotatable bonds is 6. The summed E-state index contributed by atoms with van der Waals surface area (Å²) in [4.78, 5) is 4.60.